The molecular weight excluding hydrogens is 224 g/mol. The zero-order valence-electron chi connectivity index (χ0n) is 11.6. The van der Waals surface area contributed by atoms with E-state index in [9.17, 15) is 0 Å². The Labute approximate surface area is 110 Å². The van der Waals surface area contributed by atoms with Gasteiger partial charge < -0.3 is 10.5 Å². The van der Waals surface area contributed by atoms with Crippen molar-refractivity contribution in [3.63, 3.8) is 0 Å². The first-order valence-corrected chi connectivity index (χ1v) is 6.73. The lowest BCUT2D eigenvalue weighted by Crippen LogP contribution is -2.47. The van der Waals surface area contributed by atoms with E-state index < -0.39 is 0 Å². The van der Waals surface area contributed by atoms with Crippen LogP contribution in [-0.2, 0) is 0 Å². The van der Waals surface area contributed by atoms with E-state index in [1.54, 1.807) is 7.11 Å². The third kappa shape index (κ3) is 3.03. The molecule has 1 aromatic carbocycles. The van der Waals surface area contributed by atoms with Crippen LogP contribution in [0.5, 0.6) is 5.75 Å². The molecule has 0 aliphatic carbocycles. The number of nitrogens with two attached hydrogens (primary N) is 1. The van der Waals surface area contributed by atoms with Crippen molar-refractivity contribution in [2.45, 2.75) is 32.4 Å². The fourth-order valence-electron chi connectivity index (χ4n) is 2.85. The second-order valence-corrected chi connectivity index (χ2v) is 5.50. The molecule has 18 heavy (non-hydrogen) atoms. The summed E-state index contributed by atoms with van der Waals surface area (Å²) in [4.78, 5) is 2.49. The summed E-state index contributed by atoms with van der Waals surface area (Å²) in [7, 11) is 1.70. The SMILES string of the molecule is COc1ccc(C(C)N2CC(C)CC(N)C2)cc1. The van der Waals surface area contributed by atoms with E-state index in [4.69, 9.17) is 10.5 Å². The zero-order valence-corrected chi connectivity index (χ0v) is 11.6. The topological polar surface area (TPSA) is 38.5 Å². The van der Waals surface area contributed by atoms with E-state index in [2.05, 4.69) is 30.9 Å². The van der Waals surface area contributed by atoms with Crippen molar-refractivity contribution in [1.29, 1.82) is 0 Å². The Morgan fingerprint density at radius 2 is 1.94 bits per heavy atom. The molecule has 3 unspecified atom stereocenters. The highest BCUT2D eigenvalue weighted by Crippen LogP contribution is 2.27. The van der Waals surface area contributed by atoms with E-state index in [0.717, 1.165) is 25.3 Å². The van der Waals surface area contributed by atoms with Crippen LogP contribution in [0.2, 0.25) is 0 Å². The molecule has 0 aromatic heterocycles. The van der Waals surface area contributed by atoms with Crippen molar-refractivity contribution in [1.82, 2.24) is 4.90 Å². The summed E-state index contributed by atoms with van der Waals surface area (Å²) in [6.07, 6.45) is 1.14. The van der Waals surface area contributed by atoms with Crippen LogP contribution >= 0.6 is 0 Å². The van der Waals surface area contributed by atoms with E-state index in [1.807, 2.05) is 12.1 Å². The molecule has 1 fully saturated rings. The smallest absolute Gasteiger partial charge is 0.118 e. The summed E-state index contributed by atoms with van der Waals surface area (Å²) in [5, 5.41) is 0. The Kier molecular flexibility index (Phi) is 4.25. The molecule has 0 radical (unpaired) electrons. The largest absolute Gasteiger partial charge is 0.497 e. The molecule has 1 aromatic rings. The van der Waals surface area contributed by atoms with Crippen molar-refractivity contribution < 1.29 is 4.74 Å². The normalized spacial score (nSPS) is 26.9. The highest BCUT2D eigenvalue weighted by atomic mass is 16.5. The molecule has 0 saturated carbocycles. The lowest BCUT2D eigenvalue weighted by molar-refractivity contribution is 0.124. The third-order valence-corrected chi connectivity index (χ3v) is 3.87. The van der Waals surface area contributed by atoms with Gasteiger partial charge in [-0.3, -0.25) is 4.90 Å². The molecule has 0 bridgehead atoms. The van der Waals surface area contributed by atoms with Gasteiger partial charge in [0.15, 0.2) is 0 Å². The highest BCUT2D eigenvalue weighted by molar-refractivity contribution is 5.29. The van der Waals surface area contributed by atoms with Crippen LogP contribution in [-0.4, -0.2) is 31.1 Å². The van der Waals surface area contributed by atoms with E-state index in [-0.39, 0.29) is 0 Å². The summed E-state index contributed by atoms with van der Waals surface area (Å²) in [6.45, 7) is 6.68. The van der Waals surface area contributed by atoms with E-state index in [1.165, 1.54) is 5.56 Å². The quantitative estimate of drug-likeness (QED) is 0.893. The van der Waals surface area contributed by atoms with Gasteiger partial charge in [-0.1, -0.05) is 19.1 Å². The van der Waals surface area contributed by atoms with Crippen molar-refractivity contribution in [3.8, 4) is 5.75 Å². The van der Waals surface area contributed by atoms with Crippen molar-refractivity contribution in [2.75, 3.05) is 20.2 Å². The molecule has 100 valence electrons. The van der Waals surface area contributed by atoms with Crippen LogP contribution < -0.4 is 10.5 Å². The maximum Gasteiger partial charge on any atom is 0.118 e. The Morgan fingerprint density at radius 3 is 2.50 bits per heavy atom. The molecule has 1 heterocycles. The molecule has 2 N–H and O–H groups in total. The molecule has 0 spiro atoms. The van der Waals surface area contributed by atoms with Gasteiger partial charge in [-0.15, -0.1) is 0 Å². The maximum atomic E-state index is 6.12. The number of hydrogen-bond acceptors (Lipinski definition) is 3. The van der Waals surface area contributed by atoms with Gasteiger partial charge in [0.2, 0.25) is 0 Å². The van der Waals surface area contributed by atoms with Crippen LogP contribution in [0.1, 0.15) is 31.9 Å². The number of hydrogen-bond donors (Lipinski definition) is 1. The van der Waals surface area contributed by atoms with Gasteiger partial charge in [0.1, 0.15) is 5.75 Å². The first-order valence-electron chi connectivity index (χ1n) is 6.73. The molecule has 1 aliphatic rings. The molecule has 2 rings (SSSR count). The van der Waals surface area contributed by atoms with Crippen LogP contribution in [0.15, 0.2) is 24.3 Å². The van der Waals surface area contributed by atoms with Crippen LogP contribution in [0.25, 0.3) is 0 Å². The number of methoxy groups -OCH3 is 1. The lowest BCUT2D eigenvalue weighted by Gasteiger charge is -2.38. The minimum atomic E-state index is 0.314. The Hall–Kier alpha value is -1.06. The van der Waals surface area contributed by atoms with E-state index >= 15 is 0 Å². The average Bonchev–Trinajstić information content (AvgIpc) is 2.37. The fourth-order valence-corrected chi connectivity index (χ4v) is 2.85. The number of benzene rings is 1. The minimum absolute atomic E-state index is 0.314. The van der Waals surface area contributed by atoms with Crippen LogP contribution in [0, 0.1) is 5.92 Å². The van der Waals surface area contributed by atoms with E-state index in [0.29, 0.717) is 18.0 Å². The van der Waals surface area contributed by atoms with Gasteiger partial charge in [-0.25, -0.2) is 0 Å². The zero-order chi connectivity index (χ0) is 13.1. The highest BCUT2D eigenvalue weighted by Gasteiger charge is 2.26. The first kappa shape index (κ1) is 13.4. The monoisotopic (exact) mass is 248 g/mol. The summed E-state index contributed by atoms with van der Waals surface area (Å²) in [6, 6.07) is 9.08. The lowest BCUT2D eigenvalue weighted by atomic mass is 9.94. The van der Waals surface area contributed by atoms with Gasteiger partial charge in [0, 0.05) is 25.2 Å². The van der Waals surface area contributed by atoms with Gasteiger partial charge in [-0.2, -0.15) is 0 Å². The van der Waals surface area contributed by atoms with Gasteiger partial charge >= 0.3 is 0 Å². The first-order chi connectivity index (χ1) is 8.60. The Bertz CT molecular complexity index is 367. The molecule has 3 atom stereocenters. The number of piperidine rings is 1. The molecule has 1 saturated heterocycles. The van der Waals surface area contributed by atoms with Crippen molar-refractivity contribution >= 4 is 0 Å². The number of ether oxygens (including phenoxy) is 1. The standard InChI is InChI=1S/C15H24N2O/c1-11-8-14(16)10-17(9-11)12(2)13-4-6-15(18-3)7-5-13/h4-7,11-12,14H,8-10,16H2,1-3H3. The number of nitrogens with zero attached hydrogens (tertiary/aromatic N) is 1. The third-order valence-electron chi connectivity index (χ3n) is 3.87. The molecule has 0 amide bonds. The number of rotatable bonds is 3. The predicted molar refractivity (Wildman–Crippen MR) is 74.7 cm³/mol. The number of likely N-dealkylation sites (tertiary alicyclic amines) is 1. The molecule has 3 nitrogen and oxygen atoms in total. The predicted octanol–water partition coefficient (Wildman–Crippen LogP) is 2.43. The maximum absolute atomic E-state index is 6.12. The molecule has 3 heteroatoms. The Morgan fingerprint density at radius 1 is 1.28 bits per heavy atom. The average molecular weight is 248 g/mol. The Balaban J connectivity index is 2.07. The van der Waals surface area contributed by atoms with Gasteiger partial charge in [-0.05, 0) is 37.0 Å². The van der Waals surface area contributed by atoms with Crippen molar-refractivity contribution in [2.24, 2.45) is 11.7 Å². The molecular formula is C15H24N2O. The summed E-state index contributed by atoms with van der Waals surface area (Å²) >= 11 is 0. The fraction of sp³-hybridized carbons (Fsp3) is 0.600. The van der Waals surface area contributed by atoms with Crippen LogP contribution in [0.3, 0.4) is 0 Å². The van der Waals surface area contributed by atoms with Crippen molar-refractivity contribution in [3.05, 3.63) is 29.8 Å². The van der Waals surface area contributed by atoms with Crippen LogP contribution in [0.4, 0.5) is 0 Å². The second kappa shape index (κ2) is 5.72. The second-order valence-electron chi connectivity index (χ2n) is 5.50. The minimum Gasteiger partial charge on any atom is -0.497 e. The summed E-state index contributed by atoms with van der Waals surface area (Å²) < 4.78 is 5.19. The molecule has 1 aliphatic heterocycles. The van der Waals surface area contributed by atoms with Gasteiger partial charge in [0.25, 0.3) is 0 Å². The summed E-state index contributed by atoms with van der Waals surface area (Å²) in [5.74, 6) is 1.60. The van der Waals surface area contributed by atoms with Gasteiger partial charge in [0.05, 0.1) is 7.11 Å². The summed E-state index contributed by atoms with van der Waals surface area (Å²) in [5.41, 5.74) is 7.45.